The zero-order valence-electron chi connectivity index (χ0n) is 14.8. The van der Waals surface area contributed by atoms with Crippen molar-refractivity contribution >= 4 is 16.0 Å². The van der Waals surface area contributed by atoms with Gasteiger partial charge in [-0.3, -0.25) is 0 Å². The average Bonchev–Trinajstić information content (AvgIpc) is 2.64. The third-order valence-corrected chi connectivity index (χ3v) is 6.28. The summed E-state index contributed by atoms with van der Waals surface area (Å²) in [6.07, 6.45) is 0. The van der Waals surface area contributed by atoms with Crippen LogP contribution in [0.5, 0.6) is 5.75 Å². The van der Waals surface area contributed by atoms with E-state index in [2.05, 4.69) is 0 Å². The molecule has 2 aromatic rings. The number of sulfonamides is 1. The Labute approximate surface area is 153 Å². The molecular weight excluding hydrogens is 354 g/mol. The first-order valence-electron chi connectivity index (χ1n) is 8.35. The molecule has 0 N–H and O–H groups in total. The highest BCUT2D eigenvalue weighted by atomic mass is 32.2. The maximum Gasteiger partial charge on any atom is 0.343 e. The molecule has 0 atom stereocenters. The van der Waals surface area contributed by atoms with Crippen LogP contribution in [0.2, 0.25) is 0 Å². The van der Waals surface area contributed by atoms with Crippen molar-refractivity contribution in [2.75, 3.05) is 26.3 Å². The first kappa shape index (κ1) is 18.6. The number of hydrogen-bond donors (Lipinski definition) is 0. The highest BCUT2D eigenvalue weighted by Crippen LogP contribution is 2.23. The summed E-state index contributed by atoms with van der Waals surface area (Å²) in [6.45, 7) is 5.00. The van der Waals surface area contributed by atoms with Gasteiger partial charge in [-0.2, -0.15) is 4.31 Å². The van der Waals surface area contributed by atoms with Gasteiger partial charge in [0.25, 0.3) is 0 Å². The Bertz CT molecular complexity index is 900. The Balaban J connectivity index is 1.87. The first-order valence-corrected chi connectivity index (χ1v) is 9.79. The number of ether oxygens (including phenoxy) is 2. The first-order chi connectivity index (χ1) is 12.4. The molecule has 7 heteroatoms. The van der Waals surface area contributed by atoms with Gasteiger partial charge in [0.1, 0.15) is 5.75 Å². The van der Waals surface area contributed by atoms with Gasteiger partial charge in [-0.15, -0.1) is 0 Å². The van der Waals surface area contributed by atoms with Gasteiger partial charge in [0.2, 0.25) is 10.0 Å². The van der Waals surface area contributed by atoms with E-state index < -0.39 is 16.0 Å². The minimum absolute atomic E-state index is 0.123. The molecule has 0 unspecified atom stereocenters. The number of morpholine rings is 1. The lowest BCUT2D eigenvalue weighted by Crippen LogP contribution is -2.40. The standard InChI is InChI=1S/C19H21NO5S/c1-14-3-7-17(8-4-14)25-19(21)16-6-5-15(2)18(13-16)26(22,23)20-9-11-24-12-10-20/h3-8,13H,9-12H2,1-2H3. The van der Waals surface area contributed by atoms with Crippen LogP contribution in [0.4, 0.5) is 0 Å². The van der Waals surface area contributed by atoms with Gasteiger partial charge < -0.3 is 9.47 Å². The van der Waals surface area contributed by atoms with E-state index in [1.165, 1.54) is 10.4 Å². The fourth-order valence-corrected chi connectivity index (χ4v) is 4.36. The third-order valence-electron chi connectivity index (χ3n) is 4.24. The number of rotatable bonds is 4. The van der Waals surface area contributed by atoms with E-state index in [0.29, 0.717) is 37.6 Å². The molecule has 138 valence electrons. The van der Waals surface area contributed by atoms with Crippen LogP contribution in [0.15, 0.2) is 47.4 Å². The molecule has 1 heterocycles. The summed E-state index contributed by atoms with van der Waals surface area (Å²) in [5, 5.41) is 0. The van der Waals surface area contributed by atoms with Crippen LogP contribution in [-0.4, -0.2) is 45.0 Å². The summed E-state index contributed by atoms with van der Waals surface area (Å²) in [6, 6.07) is 11.7. The smallest absolute Gasteiger partial charge is 0.343 e. The summed E-state index contributed by atoms with van der Waals surface area (Å²) in [7, 11) is -3.68. The SMILES string of the molecule is Cc1ccc(OC(=O)c2ccc(C)c(S(=O)(=O)N3CCOCC3)c2)cc1. The van der Waals surface area contributed by atoms with Crippen LogP contribution in [0, 0.1) is 13.8 Å². The molecule has 1 fully saturated rings. The van der Waals surface area contributed by atoms with Crippen molar-refractivity contribution in [3.05, 3.63) is 59.2 Å². The van der Waals surface area contributed by atoms with Crippen molar-refractivity contribution in [3.63, 3.8) is 0 Å². The fraction of sp³-hybridized carbons (Fsp3) is 0.316. The van der Waals surface area contributed by atoms with Crippen LogP contribution in [0.25, 0.3) is 0 Å². The topological polar surface area (TPSA) is 72.9 Å². The number of carbonyl (C=O) groups excluding carboxylic acids is 1. The minimum Gasteiger partial charge on any atom is -0.423 e. The van der Waals surface area contributed by atoms with E-state index >= 15 is 0 Å². The summed E-state index contributed by atoms with van der Waals surface area (Å²) in [5.74, 6) is -0.175. The van der Waals surface area contributed by atoms with Crippen LogP contribution in [0.1, 0.15) is 21.5 Å². The van der Waals surface area contributed by atoms with Gasteiger partial charge in [0.15, 0.2) is 0 Å². The number of aryl methyl sites for hydroxylation is 2. The highest BCUT2D eigenvalue weighted by Gasteiger charge is 2.28. The lowest BCUT2D eigenvalue weighted by molar-refractivity contribution is 0.0727. The van der Waals surface area contributed by atoms with Gasteiger partial charge in [0.05, 0.1) is 23.7 Å². The maximum atomic E-state index is 12.9. The molecule has 1 aliphatic heterocycles. The lowest BCUT2D eigenvalue weighted by atomic mass is 10.1. The van der Waals surface area contributed by atoms with Crippen LogP contribution >= 0.6 is 0 Å². The molecule has 0 saturated carbocycles. The molecule has 0 bridgehead atoms. The van der Waals surface area contributed by atoms with Gasteiger partial charge in [0, 0.05) is 13.1 Å². The molecule has 3 rings (SSSR count). The van der Waals surface area contributed by atoms with E-state index in [-0.39, 0.29) is 10.5 Å². The van der Waals surface area contributed by atoms with E-state index in [1.54, 1.807) is 31.2 Å². The second-order valence-electron chi connectivity index (χ2n) is 6.20. The fourth-order valence-electron chi connectivity index (χ4n) is 2.70. The summed E-state index contributed by atoms with van der Waals surface area (Å²) < 4.78 is 37.7. The Hall–Kier alpha value is -2.22. The largest absolute Gasteiger partial charge is 0.423 e. The Morgan fingerprint density at radius 2 is 1.69 bits per heavy atom. The average molecular weight is 375 g/mol. The molecule has 1 aliphatic rings. The van der Waals surface area contributed by atoms with E-state index in [1.807, 2.05) is 19.1 Å². The highest BCUT2D eigenvalue weighted by molar-refractivity contribution is 7.89. The molecule has 0 spiro atoms. The van der Waals surface area contributed by atoms with E-state index in [0.717, 1.165) is 5.56 Å². The molecule has 1 saturated heterocycles. The van der Waals surface area contributed by atoms with Gasteiger partial charge >= 0.3 is 5.97 Å². The van der Waals surface area contributed by atoms with Crippen LogP contribution < -0.4 is 4.74 Å². The Kier molecular flexibility index (Phi) is 5.41. The predicted molar refractivity (Wildman–Crippen MR) is 96.9 cm³/mol. The number of benzene rings is 2. The van der Waals surface area contributed by atoms with Crippen molar-refractivity contribution in [1.82, 2.24) is 4.31 Å². The van der Waals surface area contributed by atoms with Gasteiger partial charge in [-0.1, -0.05) is 23.8 Å². The number of hydrogen-bond acceptors (Lipinski definition) is 5. The van der Waals surface area contributed by atoms with Crippen LogP contribution in [0.3, 0.4) is 0 Å². The molecule has 0 aliphatic carbocycles. The molecular formula is C19H21NO5S. The summed E-state index contributed by atoms with van der Waals surface area (Å²) in [5.41, 5.74) is 1.84. The minimum atomic E-state index is -3.68. The van der Waals surface area contributed by atoms with Crippen molar-refractivity contribution in [1.29, 1.82) is 0 Å². The number of carbonyl (C=O) groups is 1. The molecule has 26 heavy (non-hydrogen) atoms. The van der Waals surface area contributed by atoms with Crippen LogP contribution in [-0.2, 0) is 14.8 Å². The number of nitrogens with zero attached hydrogens (tertiary/aromatic N) is 1. The zero-order chi connectivity index (χ0) is 18.7. The molecule has 0 amide bonds. The van der Waals surface area contributed by atoms with Gasteiger partial charge in [-0.05, 0) is 43.7 Å². The Morgan fingerprint density at radius 1 is 1.04 bits per heavy atom. The lowest BCUT2D eigenvalue weighted by Gasteiger charge is -2.26. The monoisotopic (exact) mass is 375 g/mol. The predicted octanol–water partition coefficient (Wildman–Crippen LogP) is 2.54. The van der Waals surface area contributed by atoms with Crippen molar-refractivity contribution < 1.29 is 22.7 Å². The van der Waals surface area contributed by atoms with Crippen molar-refractivity contribution in [3.8, 4) is 5.75 Å². The number of esters is 1. The molecule has 2 aromatic carbocycles. The van der Waals surface area contributed by atoms with Crippen molar-refractivity contribution in [2.24, 2.45) is 0 Å². The second kappa shape index (κ2) is 7.57. The molecule has 6 nitrogen and oxygen atoms in total. The normalized spacial score (nSPS) is 15.6. The summed E-state index contributed by atoms with van der Waals surface area (Å²) in [4.78, 5) is 12.5. The van der Waals surface area contributed by atoms with Gasteiger partial charge in [-0.25, -0.2) is 13.2 Å². The van der Waals surface area contributed by atoms with E-state index in [9.17, 15) is 13.2 Å². The Morgan fingerprint density at radius 3 is 2.35 bits per heavy atom. The molecule has 0 radical (unpaired) electrons. The second-order valence-corrected chi connectivity index (χ2v) is 8.11. The molecule has 0 aromatic heterocycles. The zero-order valence-corrected chi connectivity index (χ0v) is 15.6. The maximum absolute atomic E-state index is 12.9. The third kappa shape index (κ3) is 3.95. The summed E-state index contributed by atoms with van der Waals surface area (Å²) >= 11 is 0. The van der Waals surface area contributed by atoms with Crippen molar-refractivity contribution in [2.45, 2.75) is 18.7 Å². The van der Waals surface area contributed by atoms with E-state index in [4.69, 9.17) is 9.47 Å². The quantitative estimate of drug-likeness (QED) is 0.607.